The van der Waals surface area contributed by atoms with Gasteiger partial charge in [0, 0.05) is 18.5 Å². The molecule has 0 radical (unpaired) electrons. The Balaban J connectivity index is 1.82. The second-order valence-electron chi connectivity index (χ2n) is 5.84. The lowest BCUT2D eigenvalue weighted by Crippen LogP contribution is -2.52. The maximum absolute atomic E-state index is 13.1. The number of thioether (sulfide) groups is 1. The van der Waals surface area contributed by atoms with Gasteiger partial charge in [-0.25, -0.2) is 4.98 Å². The van der Waals surface area contributed by atoms with Crippen LogP contribution in [0.1, 0.15) is 24.4 Å². The highest BCUT2D eigenvalue weighted by atomic mass is 32.2. The van der Waals surface area contributed by atoms with E-state index in [0.29, 0.717) is 6.54 Å². The smallest absolute Gasteiger partial charge is 0.287 e. The molecule has 1 aliphatic heterocycles. The van der Waals surface area contributed by atoms with Crippen molar-refractivity contribution in [2.45, 2.75) is 24.9 Å². The average Bonchev–Trinajstić information content (AvgIpc) is 3.13. The maximum atomic E-state index is 13.1. The van der Waals surface area contributed by atoms with E-state index in [0.717, 1.165) is 16.5 Å². The molecule has 0 unspecified atom stereocenters. The van der Waals surface area contributed by atoms with Crippen LogP contribution in [0.5, 0.6) is 0 Å². The fourth-order valence-corrected chi connectivity index (χ4v) is 3.51. The fourth-order valence-electron chi connectivity index (χ4n) is 2.58. The maximum Gasteiger partial charge on any atom is 0.287 e. The first-order chi connectivity index (χ1) is 11.6. The Bertz CT molecular complexity index is 730. The van der Waals surface area contributed by atoms with Crippen molar-refractivity contribution < 1.29 is 14.0 Å². The van der Waals surface area contributed by atoms with E-state index in [4.69, 9.17) is 4.42 Å². The number of fused-ring (bicyclic) bond motifs is 1. The molecule has 0 saturated carbocycles. The van der Waals surface area contributed by atoms with Crippen LogP contribution < -0.4 is 10.2 Å². The molecular formula is C17H19N3O3S. The Labute approximate surface area is 144 Å². The van der Waals surface area contributed by atoms with Crippen LogP contribution in [0.25, 0.3) is 0 Å². The zero-order valence-electron chi connectivity index (χ0n) is 13.6. The van der Waals surface area contributed by atoms with Crippen molar-refractivity contribution in [3.63, 3.8) is 0 Å². The molecule has 126 valence electrons. The molecule has 0 spiro atoms. The molecule has 0 aromatic carbocycles. The predicted octanol–water partition coefficient (Wildman–Crippen LogP) is 2.57. The first-order valence-corrected chi connectivity index (χ1v) is 8.80. The summed E-state index contributed by atoms with van der Waals surface area (Å²) in [6, 6.07) is 6.30. The van der Waals surface area contributed by atoms with Gasteiger partial charge >= 0.3 is 0 Å². The SMILES string of the molecule is CC(C)[C@H](NC(=O)c1ccco1)C(=O)N1CCSc2ncccc21. The average molecular weight is 345 g/mol. The van der Waals surface area contributed by atoms with E-state index in [2.05, 4.69) is 10.3 Å². The highest BCUT2D eigenvalue weighted by Gasteiger charge is 2.32. The van der Waals surface area contributed by atoms with Gasteiger partial charge in [-0.15, -0.1) is 11.8 Å². The fraction of sp³-hybridized carbons (Fsp3) is 0.353. The van der Waals surface area contributed by atoms with Crippen LogP contribution in [0.3, 0.4) is 0 Å². The van der Waals surface area contributed by atoms with Gasteiger partial charge in [0.1, 0.15) is 11.1 Å². The van der Waals surface area contributed by atoms with Gasteiger partial charge in [-0.3, -0.25) is 9.59 Å². The quantitative estimate of drug-likeness (QED) is 0.922. The van der Waals surface area contributed by atoms with E-state index in [1.54, 1.807) is 35.0 Å². The number of nitrogens with one attached hydrogen (secondary N) is 1. The second kappa shape index (κ2) is 7.09. The number of hydrogen-bond donors (Lipinski definition) is 1. The number of nitrogens with zero attached hydrogens (tertiary/aromatic N) is 2. The molecule has 1 N–H and O–H groups in total. The lowest BCUT2D eigenvalue weighted by Gasteiger charge is -2.32. The summed E-state index contributed by atoms with van der Waals surface area (Å²) in [5, 5.41) is 3.64. The van der Waals surface area contributed by atoms with Gasteiger partial charge < -0.3 is 14.6 Å². The first-order valence-electron chi connectivity index (χ1n) is 7.81. The second-order valence-corrected chi connectivity index (χ2v) is 6.92. The molecule has 0 bridgehead atoms. The van der Waals surface area contributed by atoms with Crippen LogP contribution in [-0.4, -0.2) is 35.1 Å². The number of pyridine rings is 1. The molecular weight excluding hydrogens is 326 g/mol. The van der Waals surface area contributed by atoms with Crippen molar-refractivity contribution in [3.05, 3.63) is 42.5 Å². The minimum Gasteiger partial charge on any atom is -0.459 e. The number of carbonyl (C=O) groups is 2. The molecule has 0 aliphatic carbocycles. The standard InChI is InChI=1S/C17H19N3O3S/c1-11(2)14(19-15(21)13-6-4-9-23-13)17(22)20-8-10-24-16-12(20)5-3-7-18-16/h3-7,9,11,14H,8,10H2,1-2H3,(H,19,21)/t14-/m0/s1. The van der Waals surface area contributed by atoms with Gasteiger partial charge in [0.25, 0.3) is 5.91 Å². The highest BCUT2D eigenvalue weighted by molar-refractivity contribution is 7.99. The van der Waals surface area contributed by atoms with E-state index in [9.17, 15) is 9.59 Å². The van der Waals surface area contributed by atoms with Crippen LogP contribution in [0.2, 0.25) is 0 Å². The lowest BCUT2D eigenvalue weighted by atomic mass is 10.0. The summed E-state index contributed by atoms with van der Waals surface area (Å²) < 4.78 is 5.11. The summed E-state index contributed by atoms with van der Waals surface area (Å²) in [7, 11) is 0. The number of furan rings is 1. The molecule has 2 aromatic rings. The van der Waals surface area contributed by atoms with Crippen LogP contribution in [0.15, 0.2) is 46.2 Å². The van der Waals surface area contributed by atoms with Crippen LogP contribution >= 0.6 is 11.8 Å². The van der Waals surface area contributed by atoms with E-state index in [1.165, 1.54) is 6.26 Å². The Hall–Kier alpha value is -2.28. The van der Waals surface area contributed by atoms with Gasteiger partial charge in [-0.1, -0.05) is 13.8 Å². The molecule has 7 heteroatoms. The van der Waals surface area contributed by atoms with Gasteiger partial charge in [0.05, 0.1) is 12.0 Å². The predicted molar refractivity (Wildman–Crippen MR) is 92.1 cm³/mol. The van der Waals surface area contributed by atoms with E-state index < -0.39 is 6.04 Å². The number of hydrogen-bond acceptors (Lipinski definition) is 5. The molecule has 3 heterocycles. The van der Waals surface area contributed by atoms with E-state index >= 15 is 0 Å². The van der Waals surface area contributed by atoms with Gasteiger partial charge in [-0.2, -0.15) is 0 Å². The van der Waals surface area contributed by atoms with Crippen LogP contribution in [-0.2, 0) is 4.79 Å². The molecule has 2 amide bonds. The third-order valence-electron chi connectivity index (χ3n) is 3.83. The minimum absolute atomic E-state index is 0.0499. The summed E-state index contributed by atoms with van der Waals surface area (Å²) >= 11 is 1.63. The van der Waals surface area contributed by atoms with Crippen molar-refractivity contribution in [2.75, 3.05) is 17.2 Å². The van der Waals surface area contributed by atoms with E-state index in [-0.39, 0.29) is 23.5 Å². The van der Waals surface area contributed by atoms with Crippen molar-refractivity contribution in [1.82, 2.24) is 10.3 Å². The number of aromatic nitrogens is 1. The summed E-state index contributed by atoms with van der Waals surface area (Å²) in [5.41, 5.74) is 0.802. The summed E-state index contributed by atoms with van der Waals surface area (Å²) in [4.78, 5) is 31.4. The summed E-state index contributed by atoms with van der Waals surface area (Å²) in [6.07, 6.45) is 3.16. The normalized spacial score (nSPS) is 15.0. The zero-order valence-corrected chi connectivity index (χ0v) is 14.4. The molecule has 3 rings (SSSR count). The Morgan fingerprint density at radius 2 is 2.17 bits per heavy atom. The number of carbonyl (C=O) groups excluding carboxylic acids is 2. The zero-order chi connectivity index (χ0) is 17.1. The van der Waals surface area contributed by atoms with Crippen molar-refractivity contribution >= 4 is 29.3 Å². The molecule has 1 atom stereocenters. The van der Waals surface area contributed by atoms with Crippen LogP contribution in [0.4, 0.5) is 5.69 Å². The third-order valence-corrected chi connectivity index (χ3v) is 4.80. The Morgan fingerprint density at radius 3 is 2.88 bits per heavy atom. The van der Waals surface area contributed by atoms with Gasteiger partial charge in [-0.05, 0) is 30.2 Å². The summed E-state index contributed by atoms with van der Waals surface area (Å²) in [5.74, 6) is 0.423. The van der Waals surface area contributed by atoms with E-state index in [1.807, 2.05) is 26.0 Å². The van der Waals surface area contributed by atoms with Crippen molar-refractivity contribution in [1.29, 1.82) is 0 Å². The summed E-state index contributed by atoms with van der Waals surface area (Å²) in [6.45, 7) is 4.42. The van der Waals surface area contributed by atoms with Crippen LogP contribution in [0, 0.1) is 5.92 Å². The van der Waals surface area contributed by atoms with Crippen molar-refractivity contribution in [2.24, 2.45) is 5.92 Å². The molecule has 6 nitrogen and oxygen atoms in total. The topological polar surface area (TPSA) is 75.4 Å². The highest BCUT2D eigenvalue weighted by Crippen LogP contribution is 2.33. The van der Waals surface area contributed by atoms with Crippen molar-refractivity contribution in [3.8, 4) is 0 Å². The monoisotopic (exact) mass is 345 g/mol. The third kappa shape index (κ3) is 3.31. The Kier molecular flexibility index (Phi) is 4.89. The largest absolute Gasteiger partial charge is 0.459 e. The first kappa shape index (κ1) is 16.6. The number of anilines is 1. The molecule has 2 aromatic heterocycles. The molecule has 0 saturated heterocycles. The molecule has 1 aliphatic rings. The number of rotatable bonds is 4. The lowest BCUT2D eigenvalue weighted by molar-refractivity contribution is -0.121. The number of amides is 2. The van der Waals surface area contributed by atoms with Gasteiger partial charge in [0.15, 0.2) is 5.76 Å². The minimum atomic E-state index is -0.626. The van der Waals surface area contributed by atoms with Gasteiger partial charge in [0.2, 0.25) is 5.91 Å². The Morgan fingerprint density at radius 1 is 1.33 bits per heavy atom. The molecule has 24 heavy (non-hydrogen) atoms. The molecule has 0 fully saturated rings.